The van der Waals surface area contributed by atoms with Crippen LogP contribution in [0.5, 0.6) is 0 Å². The van der Waals surface area contributed by atoms with E-state index in [1.165, 1.54) is 0 Å². The molecule has 0 unspecified atom stereocenters. The molecule has 0 fully saturated rings. The van der Waals surface area contributed by atoms with Crippen LogP contribution in [0.25, 0.3) is 11.0 Å². The molecule has 2 rings (SSSR count). The van der Waals surface area contributed by atoms with Crippen molar-refractivity contribution >= 4 is 11.0 Å². The molecule has 0 aliphatic carbocycles. The van der Waals surface area contributed by atoms with Crippen LogP contribution >= 0.6 is 0 Å². The highest BCUT2D eigenvalue weighted by Gasteiger charge is 1.91. The molecule has 0 saturated carbocycles. The number of hydrogen-bond donors (Lipinski definition) is 2. The molecule has 0 aliphatic rings. The predicted octanol–water partition coefficient (Wildman–Crippen LogP) is 0.286. The zero-order chi connectivity index (χ0) is 5.40. The molecule has 2 heterocycles. The molecule has 0 spiro atoms. The summed E-state index contributed by atoms with van der Waals surface area (Å²) < 4.78 is 0. The minimum Gasteiger partial charge on any atom is -0.261 e. The van der Waals surface area contributed by atoms with E-state index < -0.39 is 0 Å². The van der Waals surface area contributed by atoms with Crippen LogP contribution in [0.3, 0.4) is 0 Å². The predicted molar refractivity (Wildman–Crippen MR) is 28.2 cm³/mol. The topological polar surface area (TPSA) is 57.4 Å². The Morgan fingerprint density at radius 2 is 1.75 bits per heavy atom. The van der Waals surface area contributed by atoms with Gasteiger partial charge in [-0.25, -0.2) is 0 Å². The summed E-state index contributed by atoms with van der Waals surface area (Å²) in [6, 6.07) is 0. The molecular weight excluding hydrogens is 104 g/mol. The fraction of sp³-hybridized carbons (Fsp3) is 0. The maximum Gasteiger partial charge on any atom is 0.151 e. The first-order valence-corrected chi connectivity index (χ1v) is 2.29. The van der Waals surface area contributed by atoms with Gasteiger partial charge in [-0.3, -0.25) is 10.2 Å². The third kappa shape index (κ3) is 0.294. The molecule has 2 aromatic heterocycles. The zero-order valence-electron chi connectivity index (χ0n) is 4.05. The molecule has 0 atom stereocenters. The van der Waals surface area contributed by atoms with Gasteiger partial charge in [0.1, 0.15) is 0 Å². The van der Waals surface area contributed by atoms with Crippen molar-refractivity contribution in [2.24, 2.45) is 0 Å². The molecule has 4 heteroatoms. The number of aromatic amines is 2. The quantitative estimate of drug-likeness (QED) is 0.509. The lowest BCUT2D eigenvalue weighted by Crippen LogP contribution is -1.68. The molecule has 0 bridgehead atoms. The molecule has 40 valence electrons. The van der Waals surface area contributed by atoms with E-state index in [2.05, 4.69) is 20.4 Å². The molecular formula is C4H4N4. The van der Waals surface area contributed by atoms with Gasteiger partial charge in [-0.2, -0.15) is 10.2 Å². The van der Waals surface area contributed by atoms with Crippen LogP contribution in [0, 0.1) is 0 Å². The summed E-state index contributed by atoms with van der Waals surface area (Å²) in [4.78, 5) is 0. The lowest BCUT2D eigenvalue weighted by Gasteiger charge is -1.65. The van der Waals surface area contributed by atoms with Gasteiger partial charge >= 0.3 is 0 Å². The smallest absolute Gasteiger partial charge is 0.151 e. The van der Waals surface area contributed by atoms with Gasteiger partial charge < -0.3 is 0 Å². The molecule has 2 N–H and O–H groups in total. The Balaban J connectivity index is 3.06. The Morgan fingerprint density at radius 3 is 2.25 bits per heavy atom. The second-order valence-electron chi connectivity index (χ2n) is 1.57. The average molecular weight is 108 g/mol. The van der Waals surface area contributed by atoms with Crippen LogP contribution < -0.4 is 0 Å². The number of nitrogens with one attached hydrogen (secondary N) is 2. The summed E-state index contributed by atoms with van der Waals surface area (Å²) in [6.45, 7) is 0. The maximum absolute atomic E-state index is 3.77. The van der Waals surface area contributed by atoms with Gasteiger partial charge in [-0.15, -0.1) is 0 Å². The summed E-state index contributed by atoms with van der Waals surface area (Å²) in [5.74, 6) is 0. The molecule has 4 nitrogen and oxygen atoms in total. The molecule has 0 saturated heterocycles. The van der Waals surface area contributed by atoms with Crippen molar-refractivity contribution in [1.82, 2.24) is 20.4 Å². The van der Waals surface area contributed by atoms with Crippen LogP contribution in [0.1, 0.15) is 0 Å². The SMILES string of the molecule is c1n[nH]c2[nH]ncc12. The van der Waals surface area contributed by atoms with Crippen LogP contribution in [0.15, 0.2) is 12.4 Å². The largest absolute Gasteiger partial charge is 0.261 e. The fourth-order valence-electron chi connectivity index (χ4n) is 0.649. The van der Waals surface area contributed by atoms with Crippen molar-refractivity contribution in [3.05, 3.63) is 12.4 Å². The number of fused-ring (bicyclic) bond motifs is 1. The number of hydrogen-bond acceptors (Lipinski definition) is 2. The van der Waals surface area contributed by atoms with Crippen molar-refractivity contribution in [1.29, 1.82) is 0 Å². The van der Waals surface area contributed by atoms with Crippen LogP contribution in [-0.2, 0) is 0 Å². The molecule has 0 amide bonds. The summed E-state index contributed by atoms with van der Waals surface area (Å²) in [5, 5.41) is 14.0. The zero-order valence-corrected chi connectivity index (χ0v) is 4.05. The van der Waals surface area contributed by atoms with Crippen LogP contribution in [0.4, 0.5) is 0 Å². The van der Waals surface area contributed by atoms with Gasteiger partial charge in [0, 0.05) is 0 Å². The standard InChI is InChI=1S/C4H4N4/c1-3-2-6-8-4(3)7-5-1/h1-2H,(H2,5,6,7,8). The van der Waals surface area contributed by atoms with Gasteiger partial charge in [0.2, 0.25) is 0 Å². The Bertz CT molecular complexity index is 229. The van der Waals surface area contributed by atoms with Gasteiger partial charge in [0.05, 0.1) is 17.8 Å². The van der Waals surface area contributed by atoms with E-state index in [0.29, 0.717) is 0 Å². The third-order valence-electron chi connectivity index (χ3n) is 1.05. The first-order valence-electron chi connectivity index (χ1n) is 2.29. The van der Waals surface area contributed by atoms with E-state index in [9.17, 15) is 0 Å². The van der Waals surface area contributed by atoms with Gasteiger partial charge in [0.15, 0.2) is 5.65 Å². The van der Waals surface area contributed by atoms with Gasteiger partial charge in [-0.1, -0.05) is 0 Å². The Labute approximate surface area is 44.9 Å². The molecule has 0 aliphatic heterocycles. The van der Waals surface area contributed by atoms with E-state index in [4.69, 9.17) is 0 Å². The van der Waals surface area contributed by atoms with Crippen molar-refractivity contribution in [3.8, 4) is 0 Å². The number of H-pyrrole nitrogens is 2. The fourth-order valence-corrected chi connectivity index (χ4v) is 0.649. The minimum absolute atomic E-state index is 0.880. The Hall–Kier alpha value is -1.32. The first kappa shape index (κ1) is 3.65. The Kier molecular flexibility index (Phi) is 0.498. The summed E-state index contributed by atoms with van der Waals surface area (Å²) >= 11 is 0. The maximum atomic E-state index is 3.77. The molecule has 0 aromatic carbocycles. The van der Waals surface area contributed by atoms with Gasteiger partial charge in [-0.05, 0) is 0 Å². The van der Waals surface area contributed by atoms with E-state index in [1.807, 2.05) is 0 Å². The van der Waals surface area contributed by atoms with Crippen LogP contribution in [0.2, 0.25) is 0 Å². The number of rotatable bonds is 0. The highest BCUT2D eigenvalue weighted by molar-refractivity contribution is 5.72. The van der Waals surface area contributed by atoms with E-state index in [1.54, 1.807) is 12.4 Å². The average Bonchev–Trinajstić information content (AvgIpc) is 2.15. The lowest BCUT2D eigenvalue weighted by molar-refractivity contribution is 1.04. The summed E-state index contributed by atoms with van der Waals surface area (Å²) in [7, 11) is 0. The molecule has 8 heavy (non-hydrogen) atoms. The lowest BCUT2D eigenvalue weighted by atomic mass is 10.5. The second-order valence-corrected chi connectivity index (χ2v) is 1.57. The Morgan fingerprint density at radius 1 is 1.12 bits per heavy atom. The van der Waals surface area contributed by atoms with E-state index in [0.717, 1.165) is 11.0 Å². The number of nitrogens with zero attached hydrogens (tertiary/aromatic N) is 2. The highest BCUT2D eigenvalue weighted by Crippen LogP contribution is 2.01. The van der Waals surface area contributed by atoms with Crippen molar-refractivity contribution in [2.45, 2.75) is 0 Å². The highest BCUT2D eigenvalue weighted by atomic mass is 15.2. The second kappa shape index (κ2) is 1.09. The third-order valence-corrected chi connectivity index (χ3v) is 1.05. The van der Waals surface area contributed by atoms with Gasteiger partial charge in [0.25, 0.3) is 0 Å². The van der Waals surface area contributed by atoms with Crippen molar-refractivity contribution in [3.63, 3.8) is 0 Å². The number of aromatic nitrogens is 4. The molecule has 2 aromatic rings. The summed E-state index contributed by atoms with van der Waals surface area (Å²) in [6.07, 6.45) is 3.44. The van der Waals surface area contributed by atoms with Crippen molar-refractivity contribution in [2.75, 3.05) is 0 Å². The normalized spacial score (nSPS) is 10.5. The van der Waals surface area contributed by atoms with E-state index in [-0.39, 0.29) is 0 Å². The first-order chi connectivity index (χ1) is 3.97. The summed E-state index contributed by atoms with van der Waals surface area (Å²) in [5.41, 5.74) is 0.880. The van der Waals surface area contributed by atoms with Crippen LogP contribution in [-0.4, -0.2) is 20.4 Å². The monoisotopic (exact) mass is 108 g/mol. The van der Waals surface area contributed by atoms with Crippen molar-refractivity contribution < 1.29 is 0 Å². The van der Waals surface area contributed by atoms with E-state index >= 15 is 0 Å². The minimum atomic E-state index is 0.880. The molecule has 0 radical (unpaired) electrons.